The third-order valence-corrected chi connectivity index (χ3v) is 3.96. The number of nitrogens with zero attached hydrogens (tertiary/aromatic N) is 2. The van der Waals surface area contributed by atoms with Crippen molar-refractivity contribution in [2.75, 3.05) is 0 Å². The summed E-state index contributed by atoms with van der Waals surface area (Å²) in [6, 6.07) is -0.464. The zero-order valence-corrected chi connectivity index (χ0v) is 10.4. The van der Waals surface area contributed by atoms with Crippen molar-refractivity contribution in [1.29, 1.82) is 0 Å². The molecule has 2 aliphatic carbocycles. The first kappa shape index (κ1) is 12.5. The molecule has 0 unspecified atom stereocenters. The van der Waals surface area contributed by atoms with Crippen LogP contribution in [0, 0.1) is 5.92 Å². The number of rotatable bonds is 3. The molecule has 0 saturated heterocycles. The van der Waals surface area contributed by atoms with Crippen molar-refractivity contribution in [2.24, 2.45) is 5.92 Å². The van der Waals surface area contributed by atoms with Gasteiger partial charge < -0.3 is 15.5 Å². The summed E-state index contributed by atoms with van der Waals surface area (Å²) in [7, 11) is 0. The highest BCUT2D eigenvalue weighted by Crippen LogP contribution is 2.36. The minimum absolute atomic E-state index is 0.0278. The van der Waals surface area contributed by atoms with Gasteiger partial charge in [-0.1, -0.05) is 0 Å². The quantitative estimate of drug-likeness (QED) is 0.688. The second kappa shape index (κ2) is 4.86. The van der Waals surface area contributed by atoms with Gasteiger partial charge in [-0.05, 0) is 24.8 Å². The molecule has 0 spiro atoms. The van der Waals surface area contributed by atoms with Crippen LogP contribution in [0.2, 0.25) is 0 Å². The molecule has 2 fully saturated rings. The van der Waals surface area contributed by atoms with Gasteiger partial charge in [0.2, 0.25) is 5.91 Å². The SMILES string of the molecule is O=C(N[C@H]1[C@H](O)[C@H](O)C[C@@H]1c1cncnc1)C1CC1. The van der Waals surface area contributed by atoms with E-state index in [0.29, 0.717) is 6.42 Å². The minimum atomic E-state index is -0.937. The Morgan fingerprint density at radius 3 is 2.58 bits per heavy atom. The lowest BCUT2D eigenvalue weighted by Gasteiger charge is -2.23. The number of hydrogen-bond acceptors (Lipinski definition) is 5. The highest BCUT2D eigenvalue weighted by atomic mass is 16.3. The van der Waals surface area contributed by atoms with Gasteiger partial charge in [0.1, 0.15) is 12.4 Å². The molecule has 0 aromatic carbocycles. The molecular formula is C13H17N3O3. The number of hydrogen-bond donors (Lipinski definition) is 3. The molecule has 0 aliphatic heterocycles. The van der Waals surface area contributed by atoms with E-state index in [1.165, 1.54) is 6.33 Å². The topological polar surface area (TPSA) is 95.3 Å². The maximum atomic E-state index is 11.9. The number of aromatic nitrogens is 2. The molecule has 19 heavy (non-hydrogen) atoms. The number of amides is 1. The molecule has 3 rings (SSSR count). The highest BCUT2D eigenvalue weighted by molar-refractivity contribution is 5.81. The van der Waals surface area contributed by atoms with Crippen LogP contribution in [0.25, 0.3) is 0 Å². The van der Waals surface area contributed by atoms with E-state index < -0.39 is 18.2 Å². The zero-order chi connectivity index (χ0) is 13.4. The van der Waals surface area contributed by atoms with Gasteiger partial charge in [-0.3, -0.25) is 4.79 Å². The van der Waals surface area contributed by atoms with Crippen LogP contribution in [0.15, 0.2) is 18.7 Å². The van der Waals surface area contributed by atoms with Crippen molar-refractivity contribution < 1.29 is 15.0 Å². The van der Waals surface area contributed by atoms with Gasteiger partial charge in [0.25, 0.3) is 0 Å². The fourth-order valence-corrected chi connectivity index (χ4v) is 2.68. The molecule has 1 heterocycles. The van der Waals surface area contributed by atoms with Crippen LogP contribution in [-0.2, 0) is 4.79 Å². The molecular weight excluding hydrogens is 246 g/mol. The van der Waals surface area contributed by atoms with Crippen LogP contribution in [0.4, 0.5) is 0 Å². The monoisotopic (exact) mass is 263 g/mol. The number of aliphatic hydroxyl groups is 2. The van der Waals surface area contributed by atoms with Gasteiger partial charge >= 0.3 is 0 Å². The minimum Gasteiger partial charge on any atom is -0.390 e. The van der Waals surface area contributed by atoms with Crippen LogP contribution >= 0.6 is 0 Å². The molecule has 1 aromatic rings. The predicted octanol–water partition coefficient (Wildman–Crippen LogP) is -0.420. The molecule has 3 N–H and O–H groups in total. The normalized spacial score (nSPS) is 34.2. The summed E-state index contributed by atoms with van der Waals surface area (Å²) in [6.07, 6.45) is 5.24. The Morgan fingerprint density at radius 2 is 1.95 bits per heavy atom. The Morgan fingerprint density at radius 1 is 1.26 bits per heavy atom. The summed E-state index contributed by atoms with van der Waals surface area (Å²) in [5.74, 6) is -0.0912. The highest BCUT2D eigenvalue weighted by Gasteiger charge is 2.44. The van der Waals surface area contributed by atoms with E-state index in [2.05, 4.69) is 15.3 Å². The molecule has 4 atom stereocenters. The van der Waals surface area contributed by atoms with Crippen LogP contribution in [-0.4, -0.2) is 44.3 Å². The molecule has 2 saturated carbocycles. The van der Waals surface area contributed by atoms with Gasteiger partial charge in [-0.15, -0.1) is 0 Å². The summed E-state index contributed by atoms with van der Waals surface area (Å²) in [5.41, 5.74) is 0.833. The molecule has 0 bridgehead atoms. The maximum Gasteiger partial charge on any atom is 0.223 e. The Bertz CT molecular complexity index is 463. The summed E-state index contributed by atoms with van der Waals surface area (Å²) < 4.78 is 0. The largest absolute Gasteiger partial charge is 0.390 e. The van der Waals surface area contributed by atoms with Gasteiger partial charge in [0.15, 0.2) is 0 Å². The number of carbonyl (C=O) groups excluding carboxylic acids is 1. The van der Waals surface area contributed by atoms with Crippen molar-refractivity contribution in [3.63, 3.8) is 0 Å². The molecule has 102 valence electrons. The van der Waals surface area contributed by atoms with Gasteiger partial charge in [-0.2, -0.15) is 0 Å². The van der Waals surface area contributed by atoms with Gasteiger partial charge in [-0.25, -0.2) is 9.97 Å². The third kappa shape index (κ3) is 2.46. The first-order chi connectivity index (χ1) is 9.16. The molecule has 6 nitrogen and oxygen atoms in total. The number of nitrogens with one attached hydrogen (secondary N) is 1. The molecule has 2 aliphatic rings. The second-order valence-electron chi connectivity index (χ2n) is 5.38. The standard InChI is InChI=1S/C13H17N3O3/c17-10-3-9(8-4-14-6-15-5-8)11(12(10)18)16-13(19)7-1-2-7/h4-7,9-12,17-18H,1-3H2,(H,16,19)/t9-,10-,11-,12-/m1/s1. The molecule has 0 radical (unpaired) electrons. The van der Waals surface area contributed by atoms with E-state index in [-0.39, 0.29) is 17.7 Å². The maximum absolute atomic E-state index is 11.9. The van der Waals surface area contributed by atoms with E-state index in [9.17, 15) is 15.0 Å². The molecule has 1 amide bonds. The van der Waals surface area contributed by atoms with E-state index in [1.54, 1.807) is 12.4 Å². The lowest BCUT2D eigenvalue weighted by molar-refractivity contribution is -0.124. The van der Waals surface area contributed by atoms with E-state index in [4.69, 9.17) is 0 Å². The zero-order valence-electron chi connectivity index (χ0n) is 10.4. The molecule has 6 heteroatoms. The van der Waals surface area contributed by atoms with Gasteiger partial charge in [0.05, 0.1) is 12.1 Å². The average Bonchev–Trinajstić information content (AvgIpc) is 3.23. The lowest BCUT2D eigenvalue weighted by atomic mass is 9.96. The van der Waals surface area contributed by atoms with Crippen LogP contribution in [0.3, 0.4) is 0 Å². The summed E-state index contributed by atoms with van der Waals surface area (Å²) in [4.78, 5) is 19.8. The van der Waals surface area contributed by atoms with Crippen molar-refractivity contribution in [1.82, 2.24) is 15.3 Å². The average molecular weight is 263 g/mol. The number of carbonyl (C=O) groups is 1. The Hall–Kier alpha value is -1.53. The van der Waals surface area contributed by atoms with Crippen LogP contribution in [0.5, 0.6) is 0 Å². The van der Waals surface area contributed by atoms with Gasteiger partial charge in [0, 0.05) is 24.2 Å². The Kier molecular flexibility index (Phi) is 3.20. The van der Waals surface area contributed by atoms with Crippen molar-refractivity contribution in [2.45, 2.75) is 43.4 Å². The first-order valence-electron chi connectivity index (χ1n) is 6.58. The summed E-state index contributed by atoms with van der Waals surface area (Å²) in [5, 5.41) is 22.7. The van der Waals surface area contributed by atoms with Crippen LogP contribution < -0.4 is 5.32 Å². The number of aliphatic hydroxyl groups excluding tert-OH is 2. The lowest BCUT2D eigenvalue weighted by Crippen LogP contribution is -2.45. The van der Waals surface area contributed by atoms with E-state index in [1.807, 2.05) is 0 Å². The predicted molar refractivity (Wildman–Crippen MR) is 66.1 cm³/mol. The van der Waals surface area contributed by atoms with Crippen molar-refractivity contribution in [3.8, 4) is 0 Å². The summed E-state index contributed by atoms with van der Waals surface area (Å²) in [6.45, 7) is 0. The fraction of sp³-hybridized carbons (Fsp3) is 0.615. The molecule has 1 aromatic heterocycles. The van der Waals surface area contributed by atoms with Crippen LogP contribution in [0.1, 0.15) is 30.7 Å². The van der Waals surface area contributed by atoms with E-state index >= 15 is 0 Å². The van der Waals surface area contributed by atoms with Crippen molar-refractivity contribution in [3.05, 3.63) is 24.3 Å². The smallest absolute Gasteiger partial charge is 0.223 e. The Balaban J connectivity index is 1.79. The van der Waals surface area contributed by atoms with Crippen molar-refractivity contribution >= 4 is 5.91 Å². The fourth-order valence-electron chi connectivity index (χ4n) is 2.68. The first-order valence-corrected chi connectivity index (χ1v) is 6.58. The van der Waals surface area contributed by atoms with E-state index in [0.717, 1.165) is 18.4 Å². The Labute approximate surface area is 110 Å². The summed E-state index contributed by atoms with van der Waals surface area (Å²) >= 11 is 0. The second-order valence-corrected chi connectivity index (χ2v) is 5.38. The third-order valence-electron chi connectivity index (χ3n) is 3.96.